The summed E-state index contributed by atoms with van der Waals surface area (Å²) >= 11 is 0. The number of para-hydroxylation sites is 1. The quantitative estimate of drug-likeness (QED) is 0.0978. The van der Waals surface area contributed by atoms with Crippen molar-refractivity contribution in [3.63, 3.8) is 0 Å². The molecule has 17 rings (SSSR count). The van der Waals surface area contributed by atoms with Gasteiger partial charge in [0.05, 0.1) is 22.8 Å². The van der Waals surface area contributed by atoms with Crippen molar-refractivity contribution in [3.05, 3.63) is 346 Å². The van der Waals surface area contributed by atoms with Crippen LogP contribution in [0.1, 0.15) is 4.40 Å². The number of nitrogens with one attached hydrogen (secondary N) is 1. The number of benzene rings is 11. The van der Waals surface area contributed by atoms with Gasteiger partial charge >= 0.3 is 18.9 Å². The summed E-state index contributed by atoms with van der Waals surface area (Å²) in [6.45, 7) is 0. The first-order valence-corrected chi connectivity index (χ1v) is 31.4. The van der Waals surface area contributed by atoms with Gasteiger partial charge in [0.15, 0.2) is 23.7 Å². The Morgan fingerprint density at radius 1 is 0.260 bits per heavy atom. The van der Waals surface area contributed by atoms with Crippen molar-refractivity contribution in [1.29, 1.82) is 0 Å². The van der Waals surface area contributed by atoms with Gasteiger partial charge in [-0.2, -0.15) is 0 Å². The Kier molecular flexibility index (Phi) is 17.6. The van der Waals surface area contributed by atoms with E-state index in [0.717, 1.165) is 100 Å². The van der Waals surface area contributed by atoms with Crippen LogP contribution in [0.2, 0.25) is 0 Å². The van der Waals surface area contributed by atoms with Gasteiger partial charge in [-0.25, -0.2) is 19.9 Å². The normalized spacial score (nSPS) is 11.0. The van der Waals surface area contributed by atoms with Crippen LogP contribution in [0.25, 0.3) is 156 Å². The summed E-state index contributed by atoms with van der Waals surface area (Å²) in [5, 5.41) is 19.5. The fourth-order valence-electron chi connectivity index (χ4n) is 12.1. The zero-order valence-corrected chi connectivity index (χ0v) is 52.4. The standard InChI is InChI=1S/C39H27N3.C38H24N4.C9H7NO.Li.2H2/c1-4-13-28(14-5-1)31-19-10-22-34(25-31)37-40-38(35-23-11-20-32(26-35)29-15-6-2-7-16-29)42-39(41-37)36-24-12-21-33(27-36)30-17-8-3-9-18-30;1-2-8-30-29(7-1)33-21-25(27-13-17-37(41-23-27)35-9-3-5-19-39-35)11-15-31(33)32-16-12-26(22-34(30)32)28-14-18-38(42-24-28)36-10-4-6-20-40-36;11-8-5-1-3-7-4-2-6-10-9(7)8;;;/h1-27H;1-24H;1-6,11H;;2*1H/q;;;+1;;/i;;;;1+2T;1+2. The minimum absolute atomic E-state index is 0. The first-order chi connectivity index (χ1) is 48.0. The summed E-state index contributed by atoms with van der Waals surface area (Å²) in [5.74, 6) is 1.97. The molecule has 6 heterocycles. The summed E-state index contributed by atoms with van der Waals surface area (Å²) in [6.07, 6.45) is 9.22. The van der Waals surface area contributed by atoms with Crippen LogP contribution in [0.5, 0.6) is 5.75 Å². The van der Waals surface area contributed by atoms with Crippen molar-refractivity contribution in [3.8, 4) is 118 Å². The van der Waals surface area contributed by atoms with Gasteiger partial charge < -0.3 is 5.11 Å². The average Bonchev–Trinajstić information content (AvgIpc) is 0.743. The van der Waals surface area contributed by atoms with Crippen LogP contribution >= 0.6 is 0 Å². The molecule has 0 saturated carbocycles. The number of rotatable bonds is 10. The van der Waals surface area contributed by atoms with Crippen LogP contribution in [0.3, 0.4) is 0 Å². The third-order valence-corrected chi connectivity index (χ3v) is 16.9. The molecule has 1 N–H and O–H groups in total. The van der Waals surface area contributed by atoms with E-state index in [4.69, 9.17) is 27.9 Å². The van der Waals surface area contributed by atoms with Crippen molar-refractivity contribution in [2.24, 2.45) is 0 Å². The van der Waals surface area contributed by atoms with Crippen LogP contribution in [-0.4, -0.2) is 34.9 Å². The molecule has 0 aliphatic carbocycles. The molecule has 0 atom stereocenters. The second kappa shape index (κ2) is 28.2. The fourth-order valence-corrected chi connectivity index (χ4v) is 12.1. The topological polar surface area (TPSA) is 127 Å². The molecule has 0 aliphatic heterocycles. The van der Waals surface area contributed by atoms with E-state index in [0.29, 0.717) is 23.0 Å². The number of aromatic nitrogens is 8. The summed E-state index contributed by atoms with van der Waals surface area (Å²) in [4.78, 5) is 36.3. The van der Waals surface area contributed by atoms with Crippen LogP contribution in [0.15, 0.2) is 346 Å². The molecule has 0 saturated heterocycles. The van der Waals surface area contributed by atoms with E-state index in [1.165, 1.54) is 32.3 Å². The molecule has 0 radical (unpaired) electrons. The molecule has 452 valence electrons. The smallest absolute Gasteiger partial charge is 0.868 e. The summed E-state index contributed by atoms with van der Waals surface area (Å²) < 4.78 is 10.0. The first-order valence-electron chi connectivity index (χ1n) is 32.4. The summed E-state index contributed by atoms with van der Waals surface area (Å²) in [6, 6.07) is 108. The van der Waals surface area contributed by atoms with E-state index < -0.39 is 0 Å². The SMILES string of the molecule is [3HH].[3H][3H].[Li+].[O-]c1cccc2ccc[nH+]c12.c1ccc(-c2ccc(-c3ccc4c5ccc(-c6ccc(-c7ccccn7)nc6)cc5c5ccccc5c4c3)cn2)nc1.c1ccc(-c2cccc(-c3nc(-c4cccc(-c5ccccc5)c4)nc(-c4cccc(-c5ccccc5)c4)n3)c2)cc1. The van der Waals surface area contributed by atoms with Gasteiger partial charge in [-0.15, -0.1) is 0 Å². The van der Waals surface area contributed by atoms with Crippen molar-refractivity contribution in [1.82, 2.24) is 34.9 Å². The van der Waals surface area contributed by atoms with Gasteiger partial charge in [0.25, 0.3) is 0 Å². The van der Waals surface area contributed by atoms with Gasteiger partial charge in [0.1, 0.15) is 0 Å². The summed E-state index contributed by atoms with van der Waals surface area (Å²) in [7, 11) is 0. The zero-order chi connectivity index (χ0) is 65.7. The molecule has 9 nitrogen and oxygen atoms in total. The van der Waals surface area contributed by atoms with Crippen LogP contribution in [-0.2, 0) is 0 Å². The molecule has 0 unspecified atom stereocenters. The Morgan fingerprint density at radius 3 is 1.00 bits per heavy atom. The number of hydrogen-bond acceptors (Lipinski definition) is 8. The van der Waals surface area contributed by atoms with Crippen molar-refractivity contribution in [2.75, 3.05) is 0 Å². The molecule has 0 aliphatic rings. The van der Waals surface area contributed by atoms with Crippen molar-refractivity contribution >= 4 is 43.2 Å². The fraction of sp³-hybridized carbons (Fsp3) is 0. The Balaban J connectivity index is 0.000000156. The largest absolute Gasteiger partial charge is 1.00 e. The molecule has 11 aromatic carbocycles. The third kappa shape index (κ3) is 13.3. The molecule has 6 aromatic heterocycles. The zero-order valence-electron chi connectivity index (χ0n) is 54.4. The van der Waals surface area contributed by atoms with Gasteiger partial charge in [-0.05, 0) is 161 Å². The van der Waals surface area contributed by atoms with E-state index in [2.05, 4.69) is 233 Å². The van der Waals surface area contributed by atoms with E-state index in [-0.39, 0.29) is 26.0 Å². The van der Waals surface area contributed by atoms with Crippen LogP contribution < -0.4 is 29.0 Å². The number of aromatic amines is 1. The van der Waals surface area contributed by atoms with Crippen LogP contribution in [0.4, 0.5) is 0 Å². The molecule has 96 heavy (non-hydrogen) atoms. The molecular formula is C86H62LiN8O+. The van der Waals surface area contributed by atoms with Gasteiger partial charge in [0.2, 0.25) is 5.52 Å². The summed E-state index contributed by atoms with van der Waals surface area (Å²) in [5.41, 5.74) is 18.3. The maximum absolute atomic E-state index is 11.1. The molecule has 0 bridgehead atoms. The molecule has 0 amide bonds. The second-order valence-corrected chi connectivity index (χ2v) is 22.9. The first kappa shape index (κ1) is 59.9. The van der Waals surface area contributed by atoms with E-state index in [1.54, 1.807) is 30.7 Å². The maximum atomic E-state index is 11.1. The van der Waals surface area contributed by atoms with E-state index in [1.807, 2.05) is 97.3 Å². The van der Waals surface area contributed by atoms with E-state index >= 15 is 0 Å². The Labute approximate surface area is 572 Å². The van der Waals surface area contributed by atoms with E-state index in [9.17, 15) is 5.11 Å². The maximum Gasteiger partial charge on any atom is 1.00 e. The Hall–Kier alpha value is -12.4. The van der Waals surface area contributed by atoms with Crippen molar-refractivity contribution in [2.45, 2.75) is 0 Å². The van der Waals surface area contributed by atoms with Gasteiger partial charge in [-0.1, -0.05) is 231 Å². The third-order valence-electron chi connectivity index (χ3n) is 16.9. The van der Waals surface area contributed by atoms with Gasteiger partial charge in [0, 0.05) is 68.5 Å². The number of nitrogens with zero attached hydrogens (tertiary/aromatic N) is 7. The van der Waals surface area contributed by atoms with Crippen molar-refractivity contribution < 1.29 is 33.3 Å². The predicted molar refractivity (Wildman–Crippen MR) is 389 cm³/mol. The molecule has 0 fully saturated rings. The Bertz CT molecular complexity index is 5130. The number of pyridine rings is 5. The minimum atomic E-state index is 0. The average molecular weight is 1240 g/mol. The minimum Gasteiger partial charge on any atom is -0.868 e. The molecule has 17 aromatic rings. The number of fused-ring (bicyclic) bond motifs is 7. The molecule has 0 spiro atoms. The second-order valence-electron chi connectivity index (χ2n) is 22.9. The van der Waals surface area contributed by atoms with Crippen LogP contribution in [0, 0.1) is 0 Å². The monoisotopic (exact) mass is 1240 g/mol. The Morgan fingerprint density at radius 2 is 0.604 bits per heavy atom. The van der Waals surface area contributed by atoms with Gasteiger partial charge in [-0.3, -0.25) is 19.9 Å². The number of H-pyrrole nitrogens is 1. The molecular weight excluding hydrogens is 1170 g/mol. The molecule has 10 heteroatoms. The predicted octanol–water partition coefficient (Wildman–Crippen LogP) is 17.5. The number of hydrogen-bond donors (Lipinski definition) is 0.